The van der Waals surface area contributed by atoms with Crippen molar-refractivity contribution in [2.24, 2.45) is 5.41 Å². The third kappa shape index (κ3) is 0.375. The Hall–Kier alpha value is 0. The van der Waals surface area contributed by atoms with Crippen molar-refractivity contribution in [3.8, 4) is 0 Å². The van der Waals surface area contributed by atoms with Crippen LogP contribution in [0.4, 0.5) is 0 Å². The summed E-state index contributed by atoms with van der Waals surface area (Å²) in [6.07, 6.45) is 10.4. The Morgan fingerprint density at radius 1 is 0.857 bits per heavy atom. The van der Waals surface area contributed by atoms with Gasteiger partial charge < -0.3 is 0 Å². The molecule has 0 heterocycles. The summed E-state index contributed by atoms with van der Waals surface area (Å²) in [6, 6.07) is 0. The Labute approximate surface area is 44.9 Å². The molecule has 2 rings (SSSR count). The van der Waals surface area contributed by atoms with Gasteiger partial charge in [-0.25, -0.2) is 0 Å². The first-order valence-electron chi connectivity index (χ1n) is 3.05. The fraction of sp³-hybridized carbons (Fsp3) is 0.714. The summed E-state index contributed by atoms with van der Waals surface area (Å²) in [7, 11) is 0. The van der Waals surface area contributed by atoms with E-state index >= 15 is 0 Å². The first kappa shape index (κ1) is 3.94. The maximum absolute atomic E-state index is 2.40. The van der Waals surface area contributed by atoms with Gasteiger partial charge in [0.05, 0.1) is 0 Å². The lowest BCUT2D eigenvalue weighted by Crippen LogP contribution is -2.36. The highest BCUT2D eigenvalue weighted by molar-refractivity contribution is 5.09. The Bertz CT molecular complexity index is 60.5. The van der Waals surface area contributed by atoms with Crippen LogP contribution < -0.4 is 0 Å². The van der Waals surface area contributed by atoms with Crippen LogP contribution in [-0.2, 0) is 0 Å². The summed E-state index contributed by atoms with van der Waals surface area (Å²) in [5, 5.41) is 0. The molecule has 0 nitrogen and oxygen atoms in total. The van der Waals surface area contributed by atoms with E-state index in [1.807, 2.05) is 0 Å². The molecule has 38 valence electrons. The Morgan fingerprint density at radius 2 is 1.29 bits per heavy atom. The van der Waals surface area contributed by atoms with Crippen LogP contribution in [0.2, 0.25) is 0 Å². The van der Waals surface area contributed by atoms with E-state index < -0.39 is 0 Å². The third-order valence-corrected chi connectivity index (χ3v) is 2.31. The molecular formula is C7H10. The van der Waals surface area contributed by atoms with Crippen LogP contribution in [-0.4, -0.2) is 0 Å². The van der Waals surface area contributed by atoms with Crippen molar-refractivity contribution in [2.75, 3.05) is 0 Å². The van der Waals surface area contributed by atoms with Crippen LogP contribution in [0.1, 0.15) is 25.7 Å². The van der Waals surface area contributed by atoms with E-state index in [1.165, 1.54) is 25.7 Å². The number of rotatable bonds is 0. The average molecular weight is 94.2 g/mol. The quantitative estimate of drug-likeness (QED) is 0.430. The van der Waals surface area contributed by atoms with Crippen molar-refractivity contribution in [3.05, 3.63) is 12.8 Å². The van der Waals surface area contributed by atoms with Crippen LogP contribution in [0.3, 0.4) is 0 Å². The molecule has 0 unspecified atom stereocenters. The first-order chi connectivity index (χ1) is 3.41. The van der Waals surface area contributed by atoms with E-state index in [-0.39, 0.29) is 0 Å². The van der Waals surface area contributed by atoms with Gasteiger partial charge >= 0.3 is 0 Å². The molecule has 2 radical (unpaired) electrons. The molecule has 2 saturated carbocycles. The van der Waals surface area contributed by atoms with Crippen LogP contribution in [0.15, 0.2) is 0 Å². The van der Waals surface area contributed by atoms with Crippen molar-refractivity contribution >= 4 is 0 Å². The lowest BCUT2D eigenvalue weighted by atomic mass is 9.56. The van der Waals surface area contributed by atoms with Crippen LogP contribution in [0.25, 0.3) is 0 Å². The molecule has 0 N–H and O–H groups in total. The predicted octanol–water partition coefficient (Wildman–Crippen LogP) is 1.97. The zero-order valence-corrected chi connectivity index (χ0v) is 4.48. The lowest BCUT2D eigenvalue weighted by Gasteiger charge is -2.49. The summed E-state index contributed by atoms with van der Waals surface area (Å²) in [6.45, 7) is 0. The van der Waals surface area contributed by atoms with Gasteiger partial charge in [0.15, 0.2) is 0 Å². The van der Waals surface area contributed by atoms with Crippen molar-refractivity contribution in [1.82, 2.24) is 0 Å². The van der Waals surface area contributed by atoms with Gasteiger partial charge in [-0.1, -0.05) is 0 Å². The van der Waals surface area contributed by atoms with E-state index in [2.05, 4.69) is 12.8 Å². The van der Waals surface area contributed by atoms with Crippen molar-refractivity contribution in [3.63, 3.8) is 0 Å². The summed E-state index contributed by atoms with van der Waals surface area (Å²) in [4.78, 5) is 0. The fourth-order valence-corrected chi connectivity index (χ4v) is 1.44. The molecule has 1 spiro atoms. The average Bonchev–Trinajstić information content (AvgIpc) is 1.20. The number of hydrogen-bond acceptors (Lipinski definition) is 0. The van der Waals surface area contributed by atoms with Gasteiger partial charge in [-0.05, 0) is 43.9 Å². The monoisotopic (exact) mass is 94.1 g/mol. The highest BCUT2D eigenvalue weighted by Crippen LogP contribution is 2.54. The molecule has 0 atom stereocenters. The molecule has 0 heteroatoms. The van der Waals surface area contributed by atoms with E-state index in [0.717, 1.165) is 5.41 Å². The molecule has 0 aliphatic heterocycles. The smallest absolute Gasteiger partial charge is 0.0287 e. The molecule has 0 bridgehead atoms. The van der Waals surface area contributed by atoms with Crippen molar-refractivity contribution in [1.29, 1.82) is 0 Å². The predicted molar refractivity (Wildman–Crippen MR) is 29.5 cm³/mol. The molecular weight excluding hydrogens is 84.1 g/mol. The minimum atomic E-state index is 0.833. The molecule has 0 saturated heterocycles. The first-order valence-corrected chi connectivity index (χ1v) is 3.05. The summed E-state index contributed by atoms with van der Waals surface area (Å²) in [5.74, 6) is 0. The molecule has 2 aliphatic rings. The van der Waals surface area contributed by atoms with Crippen molar-refractivity contribution in [2.45, 2.75) is 25.7 Å². The largest absolute Gasteiger partial charge is 0.0444 e. The molecule has 7 heavy (non-hydrogen) atoms. The zero-order chi connectivity index (χ0) is 4.74. The van der Waals surface area contributed by atoms with Gasteiger partial charge in [0, 0.05) is 0 Å². The van der Waals surface area contributed by atoms with Gasteiger partial charge in [-0.15, -0.1) is 0 Å². The van der Waals surface area contributed by atoms with Crippen LogP contribution in [0.5, 0.6) is 0 Å². The van der Waals surface area contributed by atoms with Crippen LogP contribution in [0, 0.1) is 18.3 Å². The van der Waals surface area contributed by atoms with Gasteiger partial charge in [0.2, 0.25) is 0 Å². The third-order valence-electron chi connectivity index (χ3n) is 2.31. The second kappa shape index (κ2) is 1.04. The molecule has 0 aromatic heterocycles. The lowest BCUT2D eigenvalue weighted by molar-refractivity contribution is 0.128. The van der Waals surface area contributed by atoms with Gasteiger partial charge in [0.1, 0.15) is 0 Å². The van der Waals surface area contributed by atoms with E-state index in [4.69, 9.17) is 0 Å². The molecule has 0 amide bonds. The minimum Gasteiger partial charge on any atom is -0.0444 e. The Morgan fingerprint density at radius 3 is 1.29 bits per heavy atom. The van der Waals surface area contributed by atoms with E-state index in [0.29, 0.717) is 0 Å². The zero-order valence-electron chi connectivity index (χ0n) is 4.48. The van der Waals surface area contributed by atoms with E-state index in [1.54, 1.807) is 0 Å². The molecule has 0 aromatic carbocycles. The maximum Gasteiger partial charge on any atom is -0.0287 e. The second-order valence-corrected chi connectivity index (χ2v) is 2.89. The Balaban J connectivity index is 2.00. The highest BCUT2D eigenvalue weighted by Gasteiger charge is 2.41. The number of hydrogen-bond donors (Lipinski definition) is 0. The minimum absolute atomic E-state index is 0.833. The molecule has 2 fully saturated rings. The van der Waals surface area contributed by atoms with Crippen molar-refractivity contribution < 1.29 is 0 Å². The standard InChI is InChI=1S/C7H10/c1-3-7(4-1)5-2-6-7/h1-2H,3-6H2. The van der Waals surface area contributed by atoms with Gasteiger partial charge in [-0.3, -0.25) is 0 Å². The Kier molecular flexibility index (Phi) is 0.586. The van der Waals surface area contributed by atoms with Gasteiger partial charge in [-0.2, -0.15) is 0 Å². The molecule has 2 aliphatic carbocycles. The summed E-state index contributed by atoms with van der Waals surface area (Å²) >= 11 is 0. The highest BCUT2D eigenvalue weighted by atomic mass is 14.5. The normalized spacial score (nSPS) is 34.3. The van der Waals surface area contributed by atoms with Gasteiger partial charge in [0.25, 0.3) is 0 Å². The summed E-state index contributed by atoms with van der Waals surface area (Å²) in [5.41, 5.74) is 0.833. The SMILES string of the molecule is [CH]1CC2(C1)C[CH]C2. The summed E-state index contributed by atoms with van der Waals surface area (Å²) < 4.78 is 0. The maximum atomic E-state index is 2.40. The second-order valence-electron chi connectivity index (χ2n) is 2.89. The topological polar surface area (TPSA) is 0 Å². The fourth-order valence-electron chi connectivity index (χ4n) is 1.44. The molecule has 0 aromatic rings. The van der Waals surface area contributed by atoms with E-state index in [9.17, 15) is 0 Å². The van der Waals surface area contributed by atoms with Crippen LogP contribution >= 0.6 is 0 Å².